The SMILES string of the molecule is O=C1CCCc2cc(O)c(Br)cc21. The molecule has 0 aliphatic heterocycles. The lowest BCUT2D eigenvalue weighted by Gasteiger charge is -2.15. The first-order valence-electron chi connectivity index (χ1n) is 4.23. The first kappa shape index (κ1) is 8.75. The number of aromatic hydroxyl groups is 1. The Kier molecular flexibility index (Phi) is 2.12. The Morgan fingerprint density at radius 3 is 2.85 bits per heavy atom. The van der Waals surface area contributed by atoms with Gasteiger partial charge in [0.1, 0.15) is 5.75 Å². The Bertz CT molecular complexity index is 371. The number of phenols is 1. The quantitative estimate of drug-likeness (QED) is 0.758. The van der Waals surface area contributed by atoms with Crippen LogP contribution in [0, 0.1) is 0 Å². The Labute approximate surface area is 84.7 Å². The van der Waals surface area contributed by atoms with Crippen LogP contribution in [0.5, 0.6) is 5.75 Å². The number of carbonyl (C=O) groups excluding carboxylic acids is 1. The molecule has 0 radical (unpaired) electrons. The third-order valence-corrected chi connectivity index (χ3v) is 2.96. The number of benzene rings is 1. The van der Waals surface area contributed by atoms with E-state index in [1.807, 2.05) is 0 Å². The maximum Gasteiger partial charge on any atom is 0.163 e. The minimum absolute atomic E-state index is 0.182. The normalized spacial score (nSPS) is 15.6. The molecule has 0 unspecified atom stereocenters. The van der Waals surface area contributed by atoms with Crippen molar-refractivity contribution in [3.05, 3.63) is 27.7 Å². The average Bonchev–Trinajstić information content (AvgIpc) is 2.09. The van der Waals surface area contributed by atoms with Crippen LogP contribution in [0.2, 0.25) is 0 Å². The van der Waals surface area contributed by atoms with Crippen LogP contribution in [-0.2, 0) is 6.42 Å². The van der Waals surface area contributed by atoms with E-state index in [0.717, 1.165) is 24.0 Å². The van der Waals surface area contributed by atoms with Crippen LogP contribution in [-0.4, -0.2) is 10.9 Å². The van der Waals surface area contributed by atoms with E-state index in [-0.39, 0.29) is 11.5 Å². The first-order valence-corrected chi connectivity index (χ1v) is 5.02. The monoisotopic (exact) mass is 240 g/mol. The van der Waals surface area contributed by atoms with Gasteiger partial charge in [0, 0.05) is 12.0 Å². The van der Waals surface area contributed by atoms with Crippen molar-refractivity contribution >= 4 is 21.7 Å². The molecule has 2 rings (SSSR count). The van der Waals surface area contributed by atoms with Crippen LogP contribution in [0.1, 0.15) is 28.8 Å². The molecule has 68 valence electrons. The van der Waals surface area contributed by atoms with Crippen molar-refractivity contribution in [2.45, 2.75) is 19.3 Å². The van der Waals surface area contributed by atoms with Crippen molar-refractivity contribution in [2.24, 2.45) is 0 Å². The molecule has 1 N–H and O–H groups in total. The van der Waals surface area contributed by atoms with Gasteiger partial charge in [-0.25, -0.2) is 0 Å². The maximum absolute atomic E-state index is 11.4. The fourth-order valence-electron chi connectivity index (χ4n) is 1.65. The molecule has 1 aliphatic carbocycles. The van der Waals surface area contributed by atoms with Gasteiger partial charge in [-0.1, -0.05) is 0 Å². The van der Waals surface area contributed by atoms with Crippen LogP contribution in [0.3, 0.4) is 0 Å². The third-order valence-electron chi connectivity index (χ3n) is 2.32. The highest BCUT2D eigenvalue weighted by Gasteiger charge is 2.18. The predicted octanol–water partition coefficient (Wildman–Crippen LogP) is 2.67. The van der Waals surface area contributed by atoms with E-state index in [9.17, 15) is 9.90 Å². The van der Waals surface area contributed by atoms with Gasteiger partial charge in [-0.15, -0.1) is 0 Å². The summed E-state index contributed by atoms with van der Waals surface area (Å²) < 4.78 is 0.599. The van der Waals surface area contributed by atoms with E-state index >= 15 is 0 Å². The van der Waals surface area contributed by atoms with Gasteiger partial charge in [0.05, 0.1) is 4.47 Å². The number of fused-ring (bicyclic) bond motifs is 1. The lowest BCUT2D eigenvalue weighted by Crippen LogP contribution is -2.10. The van der Waals surface area contributed by atoms with Gasteiger partial charge in [-0.3, -0.25) is 4.79 Å². The minimum atomic E-state index is 0.182. The molecule has 0 bridgehead atoms. The highest BCUT2D eigenvalue weighted by molar-refractivity contribution is 9.10. The van der Waals surface area contributed by atoms with Crippen molar-refractivity contribution in [3.8, 4) is 5.75 Å². The third kappa shape index (κ3) is 1.48. The summed E-state index contributed by atoms with van der Waals surface area (Å²) >= 11 is 3.20. The summed E-state index contributed by atoms with van der Waals surface area (Å²) in [5.41, 5.74) is 1.73. The number of phenolic OH excluding ortho intramolecular Hbond substituents is 1. The Balaban J connectivity index is 2.58. The summed E-state index contributed by atoms with van der Waals surface area (Å²) in [6.07, 6.45) is 2.42. The summed E-state index contributed by atoms with van der Waals surface area (Å²) in [6, 6.07) is 3.39. The van der Waals surface area contributed by atoms with Crippen molar-refractivity contribution in [1.29, 1.82) is 0 Å². The van der Waals surface area contributed by atoms with Crippen LogP contribution in [0.4, 0.5) is 0 Å². The van der Waals surface area contributed by atoms with Gasteiger partial charge < -0.3 is 5.11 Å². The van der Waals surface area contributed by atoms with Crippen LogP contribution in [0.15, 0.2) is 16.6 Å². The maximum atomic E-state index is 11.4. The van der Waals surface area contributed by atoms with Gasteiger partial charge in [0.2, 0.25) is 0 Å². The molecule has 2 nitrogen and oxygen atoms in total. The minimum Gasteiger partial charge on any atom is -0.507 e. The molecule has 0 amide bonds. The molecule has 0 spiro atoms. The summed E-state index contributed by atoms with van der Waals surface area (Å²) in [6.45, 7) is 0. The first-order chi connectivity index (χ1) is 6.18. The second kappa shape index (κ2) is 3.14. The van der Waals surface area contributed by atoms with Crippen LogP contribution >= 0.6 is 15.9 Å². The van der Waals surface area contributed by atoms with Crippen molar-refractivity contribution < 1.29 is 9.90 Å². The molecular weight excluding hydrogens is 232 g/mol. The molecule has 1 aromatic carbocycles. The van der Waals surface area contributed by atoms with Crippen LogP contribution in [0.25, 0.3) is 0 Å². The Morgan fingerprint density at radius 2 is 2.08 bits per heavy atom. The molecule has 13 heavy (non-hydrogen) atoms. The highest BCUT2D eigenvalue weighted by atomic mass is 79.9. The van der Waals surface area contributed by atoms with E-state index in [4.69, 9.17) is 0 Å². The zero-order valence-corrected chi connectivity index (χ0v) is 8.60. The summed E-state index contributed by atoms with van der Waals surface area (Å²) in [5.74, 6) is 0.399. The van der Waals surface area contributed by atoms with Crippen molar-refractivity contribution in [3.63, 3.8) is 0 Å². The summed E-state index contributed by atoms with van der Waals surface area (Å²) in [7, 11) is 0. The number of ketones is 1. The second-order valence-corrected chi connectivity index (χ2v) is 4.09. The Morgan fingerprint density at radius 1 is 1.31 bits per heavy atom. The molecule has 1 aliphatic rings. The number of hydrogen-bond acceptors (Lipinski definition) is 2. The van der Waals surface area contributed by atoms with Gasteiger partial charge in [-0.2, -0.15) is 0 Å². The van der Waals surface area contributed by atoms with Gasteiger partial charge in [0.15, 0.2) is 5.78 Å². The zero-order valence-electron chi connectivity index (χ0n) is 7.01. The molecule has 0 atom stereocenters. The van der Waals surface area contributed by atoms with Gasteiger partial charge in [-0.05, 0) is 46.5 Å². The molecule has 1 aromatic rings. The molecule has 0 saturated carbocycles. The topological polar surface area (TPSA) is 37.3 Å². The lowest BCUT2D eigenvalue weighted by atomic mass is 9.91. The van der Waals surface area contributed by atoms with E-state index in [1.165, 1.54) is 0 Å². The van der Waals surface area contributed by atoms with Gasteiger partial charge in [0.25, 0.3) is 0 Å². The molecule has 0 saturated heterocycles. The number of carbonyl (C=O) groups is 1. The highest BCUT2D eigenvalue weighted by Crippen LogP contribution is 2.31. The number of aryl methyl sites for hydroxylation is 1. The standard InChI is InChI=1S/C10H9BrO2/c11-8-5-7-6(4-10(8)13)2-1-3-9(7)12/h4-5,13H,1-3H2. The predicted molar refractivity (Wildman–Crippen MR) is 53.1 cm³/mol. The van der Waals surface area contributed by atoms with Crippen molar-refractivity contribution in [2.75, 3.05) is 0 Å². The van der Waals surface area contributed by atoms with Gasteiger partial charge >= 0.3 is 0 Å². The largest absolute Gasteiger partial charge is 0.507 e. The average molecular weight is 241 g/mol. The molecule has 0 heterocycles. The van der Waals surface area contributed by atoms with E-state index in [1.54, 1.807) is 12.1 Å². The molecule has 0 aromatic heterocycles. The van der Waals surface area contributed by atoms with E-state index in [0.29, 0.717) is 10.9 Å². The number of hydrogen-bond donors (Lipinski definition) is 1. The molecule has 0 fully saturated rings. The zero-order chi connectivity index (χ0) is 9.42. The lowest BCUT2D eigenvalue weighted by molar-refractivity contribution is 0.0972. The molecule has 3 heteroatoms. The Hall–Kier alpha value is -0.830. The second-order valence-electron chi connectivity index (χ2n) is 3.24. The van der Waals surface area contributed by atoms with Crippen LogP contribution < -0.4 is 0 Å². The molecular formula is C10H9BrO2. The fourth-order valence-corrected chi connectivity index (χ4v) is 1.99. The summed E-state index contributed by atoms with van der Waals surface area (Å²) in [4.78, 5) is 11.4. The van der Waals surface area contributed by atoms with E-state index in [2.05, 4.69) is 15.9 Å². The van der Waals surface area contributed by atoms with Crippen molar-refractivity contribution in [1.82, 2.24) is 0 Å². The number of rotatable bonds is 0. The number of halogens is 1. The number of Topliss-reactive ketones (excluding diaryl/α,β-unsaturated/α-hetero) is 1. The fraction of sp³-hybridized carbons (Fsp3) is 0.300. The summed E-state index contributed by atoms with van der Waals surface area (Å²) in [5, 5.41) is 9.40. The smallest absolute Gasteiger partial charge is 0.163 e. The van der Waals surface area contributed by atoms with E-state index < -0.39 is 0 Å².